The number of nitrogens with one attached hydrogen (secondary N) is 1. The maximum absolute atomic E-state index is 11.9. The Morgan fingerprint density at radius 2 is 2.23 bits per heavy atom. The fourth-order valence-electron chi connectivity index (χ4n) is 1.63. The SMILES string of the molecule is CSc1nnc(NC(=O)COc2ccc(C(C)C)cc2Br)s1. The lowest BCUT2D eigenvalue weighted by Gasteiger charge is -2.11. The van der Waals surface area contributed by atoms with Crippen LogP contribution in [-0.2, 0) is 4.79 Å². The molecule has 0 unspecified atom stereocenters. The molecule has 0 saturated carbocycles. The number of hydrogen-bond donors (Lipinski definition) is 1. The quantitative estimate of drug-likeness (QED) is 0.581. The van der Waals surface area contributed by atoms with Crippen molar-refractivity contribution in [2.45, 2.75) is 24.1 Å². The molecule has 1 heterocycles. The van der Waals surface area contributed by atoms with E-state index in [-0.39, 0.29) is 12.5 Å². The van der Waals surface area contributed by atoms with Crippen molar-refractivity contribution in [1.29, 1.82) is 0 Å². The minimum atomic E-state index is -0.261. The van der Waals surface area contributed by atoms with Gasteiger partial charge in [0.25, 0.3) is 5.91 Å². The number of anilines is 1. The molecule has 1 aromatic carbocycles. The first kappa shape index (κ1) is 17.2. The Morgan fingerprint density at radius 3 is 2.82 bits per heavy atom. The molecule has 5 nitrogen and oxygen atoms in total. The summed E-state index contributed by atoms with van der Waals surface area (Å²) in [5, 5.41) is 10.9. The lowest BCUT2D eigenvalue weighted by atomic mass is 10.0. The number of aromatic nitrogens is 2. The first-order valence-electron chi connectivity index (χ1n) is 6.59. The van der Waals surface area contributed by atoms with Gasteiger partial charge in [-0.3, -0.25) is 10.1 Å². The van der Waals surface area contributed by atoms with Crippen LogP contribution in [0, 0.1) is 0 Å². The topological polar surface area (TPSA) is 64.1 Å². The van der Waals surface area contributed by atoms with Gasteiger partial charge >= 0.3 is 0 Å². The molecule has 0 spiro atoms. The first-order valence-corrected chi connectivity index (χ1v) is 9.42. The molecule has 0 bridgehead atoms. The van der Waals surface area contributed by atoms with E-state index in [1.165, 1.54) is 28.7 Å². The fraction of sp³-hybridized carbons (Fsp3) is 0.357. The van der Waals surface area contributed by atoms with E-state index in [9.17, 15) is 4.79 Å². The molecule has 2 aromatic rings. The molecule has 8 heteroatoms. The first-order chi connectivity index (χ1) is 10.5. The molecular weight excluding hydrogens is 386 g/mol. The number of carbonyl (C=O) groups is 1. The number of ether oxygens (including phenoxy) is 1. The Hall–Kier alpha value is -1.12. The summed E-state index contributed by atoms with van der Waals surface area (Å²) in [5.74, 6) is 0.821. The molecule has 118 valence electrons. The van der Waals surface area contributed by atoms with Crippen molar-refractivity contribution < 1.29 is 9.53 Å². The third-order valence-corrected chi connectivity index (χ3v) is 5.24. The largest absolute Gasteiger partial charge is 0.483 e. The number of hydrogen-bond acceptors (Lipinski definition) is 6. The van der Waals surface area contributed by atoms with Crippen LogP contribution in [0.15, 0.2) is 27.0 Å². The second-order valence-electron chi connectivity index (χ2n) is 4.76. The highest BCUT2D eigenvalue weighted by atomic mass is 79.9. The van der Waals surface area contributed by atoms with Crippen molar-refractivity contribution in [3.05, 3.63) is 28.2 Å². The van der Waals surface area contributed by atoms with Gasteiger partial charge in [0.05, 0.1) is 4.47 Å². The zero-order chi connectivity index (χ0) is 16.1. The highest BCUT2D eigenvalue weighted by Gasteiger charge is 2.10. The van der Waals surface area contributed by atoms with Crippen LogP contribution in [-0.4, -0.2) is 29.0 Å². The Morgan fingerprint density at radius 1 is 1.45 bits per heavy atom. The van der Waals surface area contributed by atoms with E-state index in [1.54, 1.807) is 0 Å². The van der Waals surface area contributed by atoms with Crippen LogP contribution >= 0.6 is 39.0 Å². The lowest BCUT2D eigenvalue weighted by molar-refractivity contribution is -0.118. The predicted octanol–water partition coefficient (Wildman–Crippen LogP) is 4.16. The third kappa shape index (κ3) is 4.69. The van der Waals surface area contributed by atoms with Gasteiger partial charge in [0, 0.05) is 0 Å². The molecule has 0 saturated heterocycles. The van der Waals surface area contributed by atoms with E-state index in [2.05, 4.69) is 45.3 Å². The molecule has 22 heavy (non-hydrogen) atoms. The zero-order valence-electron chi connectivity index (χ0n) is 12.4. The Bertz CT molecular complexity index is 661. The summed E-state index contributed by atoms with van der Waals surface area (Å²) >= 11 is 6.29. The normalized spacial score (nSPS) is 10.8. The molecule has 0 radical (unpaired) electrons. The van der Waals surface area contributed by atoms with Crippen LogP contribution in [0.25, 0.3) is 0 Å². The molecule has 1 aromatic heterocycles. The molecule has 1 amide bonds. The van der Waals surface area contributed by atoms with Crippen LogP contribution in [0.2, 0.25) is 0 Å². The predicted molar refractivity (Wildman–Crippen MR) is 94.0 cm³/mol. The average molecular weight is 402 g/mol. The van der Waals surface area contributed by atoms with Crippen LogP contribution in [0.3, 0.4) is 0 Å². The van der Waals surface area contributed by atoms with Crippen LogP contribution < -0.4 is 10.1 Å². The molecule has 0 aliphatic heterocycles. The third-order valence-electron chi connectivity index (χ3n) is 2.81. The maximum atomic E-state index is 11.9. The number of benzene rings is 1. The summed E-state index contributed by atoms with van der Waals surface area (Å²) in [6.45, 7) is 4.18. The minimum Gasteiger partial charge on any atom is -0.483 e. The molecule has 2 rings (SSSR count). The van der Waals surface area contributed by atoms with Crippen molar-refractivity contribution in [2.75, 3.05) is 18.2 Å². The number of thioether (sulfide) groups is 1. The Labute approximate surface area is 146 Å². The molecule has 0 aliphatic rings. The number of carbonyl (C=O) groups excluding carboxylic acids is 1. The van der Waals surface area contributed by atoms with Crippen molar-refractivity contribution in [1.82, 2.24) is 10.2 Å². The smallest absolute Gasteiger partial charge is 0.264 e. The highest BCUT2D eigenvalue weighted by molar-refractivity contribution is 9.10. The van der Waals surface area contributed by atoms with Crippen LogP contribution in [0.1, 0.15) is 25.3 Å². The Balaban J connectivity index is 1.90. The molecule has 0 aliphatic carbocycles. The number of rotatable bonds is 6. The van der Waals surface area contributed by atoms with E-state index in [0.29, 0.717) is 16.8 Å². The van der Waals surface area contributed by atoms with Crippen molar-refractivity contribution in [3.63, 3.8) is 0 Å². The van der Waals surface area contributed by atoms with E-state index in [1.807, 2.05) is 24.5 Å². The standard InChI is InChI=1S/C14H16BrN3O2S2/c1-8(2)9-4-5-11(10(15)6-9)20-7-12(19)16-13-17-18-14(21-3)22-13/h4-6,8H,7H2,1-3H3,(H,16,17,19). The van der Waals surface area contributed by atoms with E-state index in [4.69, 9.17) is 4.74 Å². The fourth-order valence-corrected chi connectivity index (χ4v) is 3.33. The van der Waals surface area contributed by atoms with Crippen LogP contribution in [0.5, 0.6) is 5.75 Å². The van der Waals surface area contributed by atoms with Crippen LogP contribution in [0.4, 0.5) is 5.13 Å². The second kappa shape index (κ2) is 7.94. The van der Waals surface area contributed by atoms with E-state index >= 15 is 0 Å². The summed E-state index contributed by atoms with van der Waals surface area (Å²) in [4.78, 5) is 11.9. The van der Waals surface area contributed by atoms with Gasteiger partial charge in [-0.2, -0.15) is 0 Å². The second-order valence-corrected chi connectivity index (χ2v) is 7.64. The average Bonchev–Trinajstić information content (AvgIpc) is 2.93. The number of amides is 1. The van der Waals surface area contributed by atoms with Gasteiger partial charge in [0.1, 0.15) is 5.75 Å². The molecular formula is C14H16BrN3O2S2. The van der Waals surface area contributed by atoms with E-state index < -0.39 is 0 Å². The van der Waals surface area contributed by atoms with Gasteiger partial charge in [-0.25, -0.2) is 0 Å². The van der Waals surface area contributed by atoms with Crippen molar-refractivity contribution in [3.8, 4) is 5.75 Å². The zero-order valence-corrected chi connectivity index (χ0v) is 15.6. The van der Waals surface area contributed by atoms with Crippen molar-refractivity contribution in [2.24, 2.45) is 0 Å². The lowest BCUT2D eigenvalue weighted by Crippen LogP contribution is -2.20. The number of halogens is 1. The van der Waals surface area contributed by atoms with Gasteiger partial charge in [-0.15, -0.1) is 10.2 Å². The molecule has 0 atom stereocenters. The maximum Gasteiger partial charge on any atom is 0.264 e. The molecule has 0 fully saturated rings. The summed E-state index contributed by atoms with van der Waals surface area (Å²) < 4.78 is 7.18. The van der Waals surface area contributed by atoms with Gasteiger partial charge in [0.2, 0.25) is 5.13 Å². The minimum absolute atomic E-state index is 0.0756. The van der Waals surface area contributed by atoms with Gasteiger partial charge in [-0.05, 0) is 45.8 Å². The van der Waals surface area contributed by atoms with Gasteiger partial charge in [-0.1, -0.05) is 43.0 Å². The summed E-state index contributed by atoms with van der Waals surface area (Å²) in [6, 6.07) is 5.87. The molecule has 1 N–H and O–H groups in total. The monoisotopic (exact) mass is 401 g/mol. The number of nitrogens with zero attached hydrogens (tertiary/aromatic N) is 2. The van der Waals surface area contributed by atoms with Gasteiger partial charge < -0.3 is 4.74 Å². The van der Waals surface area contributed by atoms with Crippen molar-refractivity contribution >= 4 is 50.1 Å². The summed E-state index contributed by atoms with van der Waals surface area (Å²) in [7, 11) is 0. The van der Waals surface area contributed by atoms with E-state index in [0.717, 1.165) is 8.81 Å². The highest BCUT2D eigenvalue weighted by Crippen LogP contribution is 2.29. The summed E-state index contributed by atoms with van der Waals surface area (Å²) in [6.07, 6.45) is 1.91. The summed E-state index contributed by atoms with van der Waals surface area (Å²) in [5.41, 5.74) is 1.21. The Kier molecular flexibility index (Phi) is 6.22. The van der Waals surface area contributed by atoms with Gasteiger partial charge in [0.15, 0.2) is 10.9 Å².